The van der Waals surface area contributed by atoms with Gasteiger partial charge in [-0.25, -0.2) is 9.18 Å². The van der Waals surface area contributed by atoms with E-state index in [-0.39, 0.29) is 16.6 Å². The number of benzene rings is 1. The number of alkyl halides is 3. The summed E-state index contributed by atoms with van der Waals surface area (Å²) in [6.45, 7) is 6.04. The smallest absolute Gasteiger partial charge is 0.416 e. The minimum Gasteiger partial charge on any atom is -0.444 e. The van der Waals surface area contributed by atoms with Crippen LogP contribution in [0, 0.1) is 5.82 Å². The molecule has 0 unspecified atom stereocenters. The summed E-state index contributed by atoms with van der Waals surface area (Å²) in [6, 6.07) is 2.96. The Balaban J connectivity index is 1.90. The lowest BCUT2D eigenvalue weighted by molar-refractivity contribution is -0.138. The SMILES string of the molecule is CC(C)(C)OC(=O)N1CC(SCc2c(F)cccc2C(F)(F)F)C1. The van der Waals surface area contributed by atoms with E-state index in [0.29, 0.717) is 13.1 Å². The van der Waals surface area contributed by atoms with Crippen LogP contribution in [0.15, 0.2) is 18.2 Å². The predicted octanol–water partition coefficient (Wildman–Crippen LogP) is 4.70. The van der Waals surface area contributed by atoms with E-state index >= 15 is 0 Å². The van der Waals surface area contributed by atoms with E-state index < -0.39 is 29.3 Å². The molecule has 1 aliphatic heterocycles. The molecule has 0 radical (unpaired) electrons. The van der Waals surface area contributed by atoms with Crippen LogP contribution in [-0.2, 0) is 16.7 Å². The highest BCUT2D eigenvalue weighted by Crippen LogP contribution is 2.36. The van der Waals surface area contributed by atoms with E-state index in [1.54, 1.807) is 20.8 Å². The number of hydrogen-bond acceptors (Lipinski definition) is 3. The third-order valence-corrected chi connectivity index (χ3v) is 4.61. The van der Waals surface area contributed by atoms with E-state index in [1.165, 1.54) is 16.7 Å². The van der Waals surface area contributed by atoms with E-state index in [2.05, 4.69) is 0 Å². The van der Waals surface area contributed by atoms with Crippen molar-refractivity contribution in [1.82, 2.24) is 4.90 Å². The summed E-state index contributed by atoms with van der Waals surface area (Å²) in [5.41, 5.74) is -1.88. The van der Waals surface area contributed by atoms with Gasteiger partial charge in [0.05, 0.1) is 5.56 Å². The van der Waals surface area contributed by atoms with Gasteiger partial charge in [-0.05, 0) is 32.9 Å². The Kier molecular flexibility index (Phi) is 5.37. The molecule has 8 heteroatoms. The van der Waals surface area contributed by atoms with Crippen LogP contribution in [0.4, 0.5) is 22.4 Å². The summed E-state index contributed by atoms with van der Waals surface area (Å²) in [6.07, 6.45) is -5.03. The molecule has 0 bridgehead atoms. The van der Waals surface area contributed by atoms with E-state index in [1.807, 2.05) is 0 Å². The Morgan fingerprint density at radius 1 is 1.29 bits per heavy atom. The fourth-order valence-electron chi connectivity index (χ4n) is 2.19. The molecule has 1 amide bonds. The second-order valence-corrected chi connectivity index (χ2v) is 7.87. The molecule has 0 aromatic heterocycles. The van der Waals surface area contributed by atoms with Crippen LogP contribution in [-0.4, -0.2) is 34.9 Å². The average molecular weight is 365 g/mol. The first-order valence-electron chi connectivity index (χ1n) is 7.41. The molecule has 1 saturated heterocycles. The second-order valence-electron chi connectivity index (χ2n) is 6.58. The van der Waals surface area contributed by atoms with Gasteiger partial charge >= 0.3 is 12.3 Å². The molecule has 2 rings (SSSR count). The van der Waals surface area contributed by atoms with Gasteiger partial charge in [0, 0.05) is 29.7 Å². The molecular weight excluding hydrogens is 346 g/mol. The Labute approximate surface area is 142 Å². The molecule has 0 N–H and O–H groups in total. The highest BCUT2D eigenvalue weighted by atomic mass is 32.2. The van der Waals surface area contributed by atoms with Crippen LogP contribution in [0.2, 0.25) is 0 Å². The zero-order chi connectivity index (χ0) is 18.1. The normalized spacial score (nSPS) is 16.0. The van der Waals surface area contributed by atoms with Gasteiger partial charge in [0.1, 0.15) is 11.4 Å². The molecule has 134 valence electrons. The minimum atomic E-state index is -4.58. The van der Waals surface area contributed by atoms with Gasteiger partial charge in [0.2, 0.25) is 0 Å². The fraction of sp³-hybridized carbons (Fsp3) is 0.562. The maximum absolute atomic E-state index is 13.7. The van der Waals surface area contributed by atoms with Crippen molar-refractivity contribution in [2.75, 3.05) is 13.1 Å². The largest absolute Gasteiger partial charge is 0.444 e. The summed E-state index contributed by atoms with van der Waals surface area (Å²) in [7, 11) is 0. The van der Waals surface area contributed by atoms with Crippen LogP contribution in [0.1, 0.15) is 31.9 Å². The molecule has 0 atom stereocenters. The van der Waals surface area contributed by atoms with E-state index in [0.717, 1.165) is 18.2 Å². The number of carbonyl (C=O) groups excluding carboxylic acids is 1. The Morgan fingerprint density at radius 3 is 2.46 bits per heavy atom. The highest BCUT2D eigenvalue weighted by molar-refractivity contribution is 7.99. The summed E-state index contributed by atoms with van der Waals surface area (Å²) in [5, 5.41) is -0.0294. The fourth-order valence-corrected chi connectivity index (χ4v) is 3.46. The van der Waals surface area contributed by atoms with Crippen molar-refractivity contribution in [2.45, 2.75) is 43.6 Å². The van der Waals surface area contributed by atoms with Crippen LogP contribution in [0.5, 0.6) is 0 Å². The second kappa shape index (κ2) is 6.82. The van der Waals surface area contributed by atoms with Crippen LogP contribution < -0.4 is 0 Å². The van der Waals surface area contributed by atoms with Crippen molar-refractivity contribution >= 4 is 17.9 Å². The predicted molar refractivity (Wildman–Crippen MR) is 84.3 cm³/mol. The molecule has 3 nitrogen and oxygen atoms in total. The number of amides is 1. The minimum absolute atomic E-state index is 0.0294. The molecule has 1 fully saturated rings. The third-order valence-electron chi connectivity index (χ3n) is 3.39. The summed E-state index contributed by atoms with van der Waals surface area (Å²) < 4.78 is 57.7. The Morgan fingerprint density at radius 2 is 1.92 bits per heavy atom. The number of carbonyl (C=O) groups is 1. The number of thioether (sulfide) groups is 1. The topological polar surface area (TPSA) is 29.5 Å². The summed E-state index contributed by atoms with van der Waals surface area (Å²) in [4.78, 5) is 13.3. The standard InChI is InChI=1S/C16H19F4NO2S/c1-15(2,3)23-14(22)21-7-10(8-21)24-9-11-12(16(18,19)20)5-4-6-13(11)17/h4-6,10H,7-9H2,1-3H3. The maximum Gasteiger partial charge on any atom is 0.416 e. The van der Waals surface area contributed by atoms with Crippen molar-refractivity contribution in [3.63, 3.8) is 0 Å². The molecule has 0 spiro atoms. The number of likely N-dealkylation sites (tertiary alicyclic amines) is 1. The van der Waals surface area contributed by atoms with Gasteiger partial charge in [0.15, 0.2) is 0 Å². The van der Waals surface area contributed by atoms with Crippen molar-refractivity contribution in [3.8, 4) is 0 Å². The van der Waals surface area contributed by atoms with Gasteiger partial charge in [-0.15, -0.1) is 11.8 Å². The van der Waals surface area contributed by atoms with Crippen LogP contribution in [0.3, 0.4) is 0 Å². The van der Waals surface area contributed by atoms with Crippen LogP contribution in [0.25, 0.3) is 0 Å². The zero-order valence-electron chi connectivity index (χ0n) is 13.6. The van der Waals surface area contributed by atoms with Gasteiger partial charge < -0.3 is 9.64 Å². The van der Waals surface area contributed by atoms with Crippen molar-refractivity contribution < 1.29 is 27.1 Å². The molecule has 1 aromatic carbocycles. The maximum atomic E-state index is 13.7. The molecular formula is C16H19F4NO2S. The lowest BCUT2D eigenvalue weighted by Gasteiger charge is -2.39. The molecule has 1 aliphatic rings. The Hall–Kier alpha value is -1.44. The van der Waals surface area contributed by atoms with Gasteiger partial charge in [-0.3, -0.25) is 0 Å². The van der Waals surface area contributed by atoms with Gasteiger partial charge in [0.25, 0.3) is 0 Å². The number of rotatable bonds is 3. The quantitative estimate of drug-likeness (QED) is 0.728. The third kappa shape index (κ3) is 4.78. The summed E-state index contributed by atoms with van der Waals surface area (Å²) in [5.74, 6) is -0.949. The molecule has 1 heterocycles. The van der Waals surface area contributed by atoms with Gasteiger partial charge in [-0.1, -0.05) is 6.07 Å². The molecule has 1 aromatic rings. The van der Waals surface area contributed by atoms with Crippen molar-refractivity contribution in [1.29, 1.82) is 0 Å². The summed E-state index contributed by atoms with van der Waals surface area (Å²) >= 11 is 1.21. The highest BCUT2D eigenvalue weighted by Gasteiger charge is 2.37. The molecule has 0 saturated carbocycles. The van der Waals surface area contributed by atoms with Crippen molar-refractivity contribution in [2.24, 2.45) is 0 Å². The van der Waals surface area contributed by atoms with Crippen LogP contribution >= 0.6 is 11.8 Å². The van der Waals surface area contributed by atoms with Crippen molar-refractivity contribution in [3.05, 3.63) is 35.1 Å². The molecule has 24 heavy (non-hydrogen) atoms. The number of halogens is 4. The van der Waals surface area contributed by atoms with Gasteiger partial charge in [-0.2, -0.15) is 13.2 Å². The average Bonchev–Trinajstić information content (AvgIpc) is 2.34. The molecule has 0 aliphatic carbocycles. The zero-order valence-corrected chi connectivity index (χ0v) is 14.4. The van der Waals surface area contributed by atoms with E-state index in [4.69, 9.17) is 4.74 Å². The lowest BCUT2D eigenvalue weighted by Crippen LogP contribution is -2.53. The first kappa shape index (κ1) is 18.9. The number of nitrogens with zero attached hydrogens (tertiary/aromatic N) is 1. The number of ether oxygens (including phenoxy) is 1. The lowest BCUT2D eigenvalue weighted by atomic mass is 10.1. The van der Waals surface area contributed by atoms with E-state index in [9.17, 15) is 22.4 Å². The number of hydrogen-bond donors (Lipinski definition) is 0. The monoisotopic (exact) mass is 365 g/mol. The first-order chi connectivity index (χ1) is 11.0. The first-order valence-corrected chi connectivity index (χ1v) is 8.46. The Bertz CT molecular complexity index is 607.